The van der Waals surface area contributed by atoms with Gasteiger partial charge in [-0.05, 0) is 56.0 Å². The summed E-state index contributed by atoms with van der Waals surface area (Å²) >= 11 is 0. The van der Waals surface area contributed by atoms with Crippen molar-refractivity contribution >= 4 is 11.6 Å². The van der Waals surface area contributed by atoms with Crippen molar-refractivity contribution in [1.82, 2.24) is 0 Å². The standard InChI is InChI=1S/C22H27NO3/c1-3-14-26-20-10-8-19(9-11-20)23-21(24)22(12-15-25-16-13-22)18-6-4-17(2)5-7-18/h4-11H,3,12-16H2,1-2H3,(H,23,24). The molecule has 1 saturated heterocycles. The van der Waals surface area contributed by atoms with Gasteiger partial charge in [0.15, 0.2) is 0 Å². The first kappa shape index (κ1) is 18.5. The van der Waals surface area contributed by atoms with E-state index in [9.17, 15) is 4.79 Å². The van der Waals surface area contributed by atoms with E-state index in [-0.39, 0.29) is 5.91 Å². The first-order valence-corrected chi connectivity index (χ1v) is 9.33. The minimum atomic E-state index is -0.538. The van der Waals surface area contributed by atoms with E-state index in [0.717, 1.165) is 23.4 Å². The monoisotopic (exact) mass is 353 g/mol. The Labute approximate surface area is 155 Å². The Bertz CT molecular complexity index is 716. The molecule has 1 heterocycles. The number of benzene rings is 2. The Kier molecular flexibility index (Phi) is 5.94. The lowest BCUT2D eigenvalue weighted by Gasteiger charge is -2.36. The topological polar surface area (TPSA) is 47.6 Å². The summed E-state index contributed by atoms with van der Waals surface area (Å²) in [6.45, 7) is 6.04. The number of amides is 1. The lowest BCUT2D eigenvalue weighted by molar-refractivity contribution is -0.125. The molecule has 0 radical (unpaired) electrons. The van der Waals surface area contributed by atoms with Crippen LogP contribution in [0.15, 0.2) is 48.5 Å². The predicted octanol–water partition coefficient (Wildman–Crippen LogP) is 4.47. The van der Waals surface area contributed by atoms with Crippen molar-refractivity contribution in [1.29, 1.82) is 0 Å². The maximum Gasteiger partial charge on any atom is 0.235 e. The zero-order chi connectivity index (χ0) is 18.4. The highest BCUT2D eigenvalue weighted by atomic mass is 16.5. The Morgan fingerprint density at radius 2 is 1.73 bits per heavy atom. The Morgan fingerprint density at radius 1 is 1.08 bits per heavy atom. The van der Waals surface area contributed by atoms with Gasteiger partial charge in [-0.15, -0.1) is 0 Å². The van der Waals surface area contributed by atoms with Gasteiger partial charge in [0.25, 0.3) is 0 Å². The first-order chi connectivity index (χ1) is 12.6. The minimum absolute atomic E-state index is 0.0341. The largest absolute Gasteiger partial charge is 0.494 e. The van der Waals surface area contributed by atoms with Crippen molar-refractivity contribution in [2.24, 2.45) is 0 Å². The molecule has 2 aromatic rings. The molecule has 1 N–H and O–H groups in total. The van der Waals surface area contributed by atoms with Gasteiger partial charge in [0.05, 0.1) is 12.0 Å². The summed E-state index contributed by atoms with van der Waals surface area (Å²) in [6, 6.07) is 15.9. The molecule has 4 heteroatoms. The Hall–Kier alpha value is -2.33. The van der Waals surface area contributed by atoms with Crippen molar-refractivity contribution in [3.63, 3.8) is 0 Å². The van der Waals surface area contributed by atoms with Crippen LogP contribution in [0.25, 0.3) is 0 Å². The van der Waals surface area contributed by atoms with Crippen molar-refractivity contribution in [3.05, 3.63) is 59.7 Å². The first-order valence-electron chi connectivity index (χ1n) is 9.33. The maximum absolute atomic E-state index is 13.2. The fraction of sp³-hybridized carbons (Fsp3) is 0.409. The van der Waals surface area contributed by atoms with Gasteiger partial charge >= 0.3 is 0 Å². The van der Waals surface area contributed by atoms with Gasteiger partial charge in [0.2, 0.25) is 5.91 Å². The molecule has 2 aromatic carbocycles. The van der Waals surface area contributed by atoms with Crippen LogP contribution in [0.2, 0.25) is 0 Å². The highest BCUT2D eigenvalue weighted by Gasteiger charge is 2.41. The molecule has 0 saturated carbocycles. The molecule has 1 aliphatic heterocycles. The molecule has 0 unspecified atom stereocenters. The Morgan fingerprint density at radius 3 is 2.35 bits per heavy atom. The second-order valence-corrected chi connectivity index (χ2v) is 6.89. The van der Waals surface area contributed by atoms with Crippen molar-refractivity contribution in [3.8, 4) is 5.75 Å². The fourth-order valence-electron chi connectivity index (χ4n) is 3.34. The van der Waals surface area contributed by atoms with Crippen molar-refractivity contribution in [2.75, 3.05) is 25.1 Å². The molecule has 4 nitrogen and oxygen atoms in total. The van der Waals surface area contributed by atoms with E-state index >= 15 is 0 Å². The normalized spacial score (nSPS) is 16.1. The van der Waals surface area contributed by atoms with Crippen LogP contribution in [0.1, 0.15) is 37.3 Å². The molecule has 0 spiro atoms. The Balaban J connectivity index is 1.78. The molecule has 3 rings (SSSR count). The van der Waals surface area contributed by atoms with Crippen LogP contribution >= 0.6 is 0 Å². The third kappa shape index (κ3) is 4.07. The molecule has 138 valence electrons. The number of anilines is 1. The third-order valence-corrected chi connectivity index (χ3v) is 4.97. The number of rotatable bonds is 6. The van der Waals surface area contributed by atoms with Crippen molar-refractivity contribution < 1.29 is 14.3 Å². The van der Waals surface area contributed by atoms with Gasteiger partial charge < -0.3 is 14.8 Å². The van der Waals surface area contributed by atoms with E-state index in [2.05, 4.69) is 43.4 Å². The summed E-state index contributed by atoms with van der Waals surface area (Å²) in [5.74, 6) is 0.857. The van der Waals surface area contributed by atoms with Gasteiger partial charge in [-0.25, -0.2) is 0 Å². The molecule has 1 aliphatic rings. The smallest absolute Gasteiger partial charge is 0.235 e. The summed E-state index contributed by atoms with van der Waals surface area (Å²) < 4.78 is 11.1. The summed E-state index contributed by atoms with van der Waals surface area (Å²) in [6.07, 6.45) is 2.36. The second kappa shape index (κ2) is 8.37. The van der Waals surface area contributed by atoms with E-state index in [1.165, 1.54) is 5.56 Å². The second-order valence-electron chi connectivity index (χ2n) is 6.89. The van der Waals surface area contributed by atoms with E-state index in [0.29, 0.717) is 32.7 Å². The molecule has 1 fully saturated rings. The minimum Gasteiger partial charge on any atom is -0.494 e. The van der Waals surface area contributed by atoms with E-state index in [1.54, 1.807) is 0 Å². The highest BCUT2D eigenvalue weighted by Crippen LogP contribution is 2.36. The van der Waals surface area contributed by atoms with Crippen LogP contribution in [-0.4, -0.2) is 25.7 Å². The number of carbonyl (C=O) groups excluding carboxylic acids is 1. The number of hydrogen-bond acceptors (Lipinski definition) is 3. The average molecular weight is 353 g/mol. The quantitative estimate of drug-likeness (QED) is 0.833. The van der Waals surface area contributed by atoms with Gasteiger partial charge in [0, 0.05) is 18.9 Å². The van der Waals surface area contributed by atoms with Gasteiger partial charge in [0.1, 0.15) is 5.75 Å². The number of aryl methyl sites for hydroxylation is 1. The van der Waals surface area contributed by atoms with Crippen LogP contribution in [-0.2, 0) is 14.9 Å². The fourth-order valence-corrected chi connectivity index (χ4v) is 3.34. The zero-order valence-corrected chi connectivity index (χ0v) is 15.6. The highest BCUT2D eigenvalue weighted by molar-refractivity contribution is 5.99. The molecule has 0 bridgehead atoms. The predicted molar refractivity (Wildman–Crippen MR) is 104 cm³/mol. The number of hydrogen-bond donors (Lipinski definition) is 1. The lowest BCUT2D eigenvalue weighted by Crippen LogP contribution is -2.44. The van der Waals surface area contributed by atoms with Crippen LogP contribution < -0.4 is 10.1 Å². The van der Waals surface area contributed by atoms with Gasteiger partial charge in [-0.2, -0.15) is 0 Å². The molecule has 0 atom stereocenters. The molecule has 0 aromatic heterocycles. The van der Waals surface area contributed by atoms with Gasteiger partial charge in [-0.1, -0.05) is 36.8 Å². The summed E-state index contributed by atoms with van der Waals surface area (Å²) in [5.41, 5.74) is 2.51. The van der Waals surface area contributed by atoms with E-state index in [1.807, 2.05) is 24.3 Å². The van der Waals surface area contributed by atoms with Crippen LogP contribution in [0.5, 0.6) is 5.75 Å². The molecular weight excluding hydrogens is 326 g/mol. The maximum atomic E-state index is 13.2. The third-order valence-electron chi connectivity index (χ3n) is 4.97. The lowest BCUT2D eigenvalue weighted by atomic mass is 9.73. The average Bonchev–Trinajstić information content (AvgIpc) is 2.68. The molecular formula is C22H27NO3. The van der Waals surface area contributed by atoms with E-state index in [4.69, 9.17) is 9.47 Å². The SMILES string of the molecule is CCCOc1ccc(NC(=O)C2(c3ccc(C)cc3)CCOCC2)cc1. The van der Waals surface area contributed by atoms with E-state index < -0.39 is 5.41 Å². The van der Waals surface area contributed by atoms with Crippen LogP contribution in [0, 0.1) is 6.92 Å². The summed E-state index contributed by atoms with van der Waals surface area (Å²) in [4.78, 5) is 13.2. The number of ether oxygens (including phenoxy) is 2. The molecule has 0 aliphatic carbocycles. The summed E-state index contributed by atoms with van der Waals surface area (Å²) in [5, 5.41) is 3.10. The number of nitrogens with one attached hydrogen (secondary N) is 1. The zero-order valence-electron chi connectivity index (χ0n) is 15.6. The van der Waals surface area contributed by atoms with Crippen LogP contribution in [0.4, 0.5) is 5.69 Å². The van der Waals surface area contributed by atoms with Crippen molar-refractivity contribution in [2.45, 2.75) is 38.5 Å². The molecule has 1 amide bonds. The summed E-state index contributed by atoms with van der Waals surface area (Å²) in [7, 11) is 0. The molecule has 26 heavy (non-hydrogen) atoms. The number of carbonyl (C=O) groups is 1. The van der Waals surface area contributed by atoms with Gasteiger partial charge in [-0.3, -0.25) is 4.79 Å². The van der Waals surface area contributed by atoms with Crippen LogP contribution in [0.3, 0.4) is 0 Å².